The van der Waals surface area contributed by atoms with E-state index in [2.05, 4.69) is 26.4 Å². The van der Waals surface area contributed by atoms with Crippen LogP contribution in [0, 0.1) is 0 Å². The Morgan fingerprint density at radius 1 is 1.63 bits per heavy atom. The first-order chi connectivity index (χ1) is 9.03. The summed E-state index contributed by atoms with van der Waals surface area (Å²) in [6.45, 7) is 1.82. The maximum atomic E-state index is 12.1. The Morgan fingerprint density at radius 2 is 2.32 bits per heavy atom. The van der Waals surface area contributed by atoms with Crippen molar-refractivity contribution in [3.63, 3.8) is 0 Å². The predicted molar refractivity (Wildman–Crippen MR) is 75.6 cm³/mol. The number of ether oxygens (including phenoxy) is 1. The van der Waals surface area contributed by atoms with Gasteiger partial charge in [0.25, 0.3) is 5.91 Å². The van der Waals surface area contributed by atoms with Gasteiger partial charge in [0.2, 0.25) is 0 Å². The monoisotopic (exact) mass is 329 g/mol. The Kier molecular flexibility index (Phi) is 5.62. The third kappa shape index (κ3) is 3.85. The van der Waals surface area contributed by atoms with E-state index < -0.39 is 6.04 Å². The molecule has 19 heavy (non-hydrogen) atoms. The van der Waals surface area contributed by atoms with Crippen molar-refractivity contribution in [1.82, 2.24) is 5.32 Å². The lowest BCUT2D eigenvalue weighted by Crippen LogP contribution is -2.44. The molecule has 7 heteroatoms. The number of halogens is 1. The van der Waals surface area contributed by atoms with E-state index in [1.54, 1.807) is 18.2 Å². The number of nitrogens with two attached hydrogens (primary N) is 1. The van der Waals surface area contributed by atoms with Gasteiger partial charge in [0, 0.05) is 4.47 Å². The summed E-state index contributed by atoms with van der Waals surface area (Å²) >= 11 is 3.30. The molecule has 104 valence electrons. The van der Waals surface area contributed by atoms with Crippen molar-refractivity contribution in [2.45, 2.75) is 19.4 Å². The minimum atomic E-state index is -0.522. The van der Waals surface area contributed by atoms with Crippen LogP contribution >= 0.6 is 15.9 Å². The van der Waals surface area contributed by atoms with Gasteiger partial charge in [0.1, 0.15) is 5.75 Å². The van der Waals surface area contributed by atoms with Crippen molar-refractivity contribution in [2.75, 3.05) is 7.11 Å². The molecular formula is C12H16BrN3O3. The summed E-state index contributed by atoms with van der Waals surface area (Å²) < 4.78 is 5.96. The smallest absolute Gasteiger partial charge is 0.255 e. The highest BCUT2D eigenvalue weighted by molar-refractivity contribution is 9.10. The molecule has 0 bridgehead atoms. The number of oxime groups is 1. The fourth-order valence-corrected chi connectivity index (χ4v) is 1.88. The molecule has 0 saturated carbocycles. The van der Waals surface area contributed by atoms with Crippen molar-refractivity contribution in [1.29, 1.82) is 0 Å². The number of amides is 1. The molecule has 1 aromatic carbocycles. The molecule has 0 heterocycles. The molecule has 0 radical (unpaired) electrons. The molecule has 0 spiro atoms. The summed E-state index contributed by atoms with van der Waals surface area (Å²) in [7, 11) is 1.49. The van der Waals surface area contributed by atoms with Crippen LogP contribution in [-0.4, -0.2) is 30.1 Å². The standard InChI is InChI=1S/C12H16BrN3O3/c1-3-9(11(14)16-18)15-12(17)8-5-4-7(13)6-10(8)19-2/h4-6,9,18H,3H2,1-2H3,(H2,14,16)(H,15,17). The molecule has 0 aromatic heterocycles. The number of carbonyl (C=O) groups excluding carboxylic acids is 1. The van der Waals surface area contributed by atoms with E-state index in [4.69, 9.17) is 15.7 Å². The highest BCUT2D eigenvalue weighted by Gasteiger charge is 2.18. The van der Waals surface area contributed by atoms with Crippen LogP contribution in [-0.2, 0) is 0 Å². The summed E-state index contributed by atoms with van der Waals surface area (Å²) in [5.41, 5.74) is 5.88. The quantitative estimate of drug-likeness (QED) is 0.331. The molecular weight excluding hydrogens is 314 g/mol. The van der Waals surface area contributed by atoms with E-state index >= 15 is 0 Å². The van der Waals surface area contributed by atoms with Gasteiger partial charge >= 0.3 is 0 Å². The van der Waals surface area contributed by atoms with Crippen molar-refractivity contribution < 1.29 is 14.7 Å². The molecule has 6 nitrogen and oxygen atoms in total. The maximum Gasteiger partial charge on any atom is 0.255 e. The first-order valence-corrected chi connectivity index (χ1v) is 6.44. The Bertz CT molecular complexity index is 491. The summed E-state index contributed by atoms with van der Waals surface area (Å²) in [6.07, 6.45) is 0.514. The number of amidine groups is 1. The zero-order valence-corrected chi connectivity index (χ0v) is 12.3. The minimum absolute atomic E-state index is 0.0353. The lowest BCUT2D eigenvalue weighted by atomic mass is 10.1. The molecule has 1 atom stereocenters. The van der Waals surface area contributed by atoms with Crippen LogP contribution < -0.4 is 15.8 Å². The van der Waals surface area contributed by atoms with Gasteiger partial charge < -0.3 is 21.0 Å². The van der Waals surface area contributed by atoms with Crippen LogP contribution in [0.1, 0.15) is 23.7 Å². The number of benzene rings is 1. The van der Waals surface area contributed by atoms with E-state index in [0.717, 1.165) is 4.47 Å². The first-order valence-electron chi connectivity index (χ1n) is 5.65. The van der Waals surface area contributed by atoms with Crippen LogP contribution in [0.2, 0.25) is 0 Å². The molecule has 0 saturated heterocycles. The lowest BCUT2D eigenvalue weighted by Gasteiger charge is -2.16. The van der Waals surface area contributed by atoms with Crippen LogP contribution in [0.15, 0.2) is 27.8 Å². The number of hydrogen-bond donors (Lipinski definition) is 3. The molecule has 0 aliphatic heterocycles. The number of nitrogens with one attached hydrogen (secondary N) is 1. The summed E-state index contributed by atoms with van der Waals surface area (Å²) in [5.74, 6) is 0.0657. The van der Waals surface area contributed by atoms with Crippen LogP contribution in [0.4, 0.5) is 0 Å². The largest absolute Gasteiger partial charge is 0.496 e. The van der Waals surface area contributed by atoms with Gasteiger partial charge in [-0.1, -0.05) is 28.0 Å². The normalized spacial score (nSPS) is 12.9. The van der Waals surface area contributed by atoms with Crippen molar-refractivity contribution in [2.24, 2.45) is 10.9 Å². The molecule has 0 aliphatic carbocycles. The molecule has 1 aromatic rings. The van der Waals surface area contributed by atoms with Gasteiger partial charge in [-0.05, 0) is 24.6 Å². The maximum absolute atomic E-state index is 12.1. The molecule has 0 aliphatic rings. The fraction of sp³-hybridized carbons (Fsp3) is 0.333. The highest BCUT2D eigenvalue weighted by Crippen LogP contribution is 2.23. The van der Waals surface area contributed by atoms with E-state index in [0.29, 0.717) is 17.7 Å². The minimum Gasteiger partial charge on any atom is -0.496 e. The van der Waals surface area contributed by atoms with Gasteiger partial charge in [0.15, 0.2) is 5.84 Å². The van der Waals surface area contributed by atoms with Crippen molar-refractivity contribution >= 4 is 27.7 Å². The number of rotatable bonds is 5. The second-order valence-corrected chi connectivity index (χ2v) is 4.72. The molecule has 0 fully saturated rings. The number of hydrogen-bond acceptors (Lipinski definition) is 4. The van der Waals surface area contributed by atoms with E-state index in [-0.39, 0.29) is 11.7 Å². The number of nitrogens with zero attached hydrogens (tertiary/aromatic N) is 1. The second kappa shape index (κ2) is 6.98. The Balaban J connectivity index is 2.95. The van der Waals surface area contributed by atoms with Gasteiger partial charge in [-0.15, -0.1) is 0 Å². The average Bonchev–Trinajstić information content (AvgIpc) is 2.43. The Labute approximate surface area is 119 Å². The SMILES string of the molecule is CCC(NC(=O)c1ccc(Br)cc1OC)/C(N)=N/O. The van der Waals surface area contributed by atoms with Crippen molar-refractivity contribution in [3.05, 3.63) is 28.2 Å². The Hall–Kier alpha value is -1.76. The molecule has 1 amide bonds. The van der Waals surface area contributed by atoms with Gasteiger partial charge in [-0.2, -0.15) is 0 Å². The molecule has 1 rings (SSSR count). The number of carbonyl (C=O) groups is 1. The highest BCUT2D eigenvalue weighted by atomic mass is 79.9. The Morgan fingerprint density at radius 3 is 2.84 bits per heavy atom. The van der Waals surface area contributed by atoms with Crippen LogP contribution in [0.3, 0.4) is 0 Å². The molecule has 1 unspecified atom stereocenters. The third-order valence-electron chi connectivity index (χ3n) is 2.59. The van der Waals surface area contributed by atoms with Gasteiger partial charge in [-0.3, -0.25) is 4.79 Å². The van der Waals surface area contributed by atoms with Gasteiger partial charge in [-0.25, -0.2) is 0 Å². The van der Waals surface area contributed by atoms with Gasteiger partial charge in [0.05, 0.1) is 18.7 Å². The zero-order chi connectivity index (χ0) is 14.4. The summed E-state index contributed by atoms with van der Waals surface area (Å²) in [5, 5.41) is 14.2. The zero-order valence-electron chi connectivity index (χ0n) is 10.7. The summed E-state index contributed by atoms with van der Waals surface area (Å²) in [4.78, 5) is 12.1. The lowest BCUT2D eigenvalue weighted by molar-refractivity contribution is 0.0942. The average molecular weight is 330 g/mol. The van der Waals surface area contributed by atoms with Crippen LogP contribution in [0.25, 0.3) is 0 Å². The van der Waals surface area contributed by atoms with Crippen LogP contribution in [0.5, 0.6) is 5.75 Å². The van der Waals surface area contributed by atoms with E-state index in [1.165, 1.54) is 7.11 Å². The van der Waals surface area contributed by atoms with E-state index in [1.807, 2.05) is 6.92 Å². The number of methoxy groups -OCH3 is 1. The van der Waals surface area contributed by atoms with Crippen molar-refractivity contribution in [3.8, 4) is 5.75 Å². The first kappa shape index (κ1) is 15.3. The molecule has 4 N–H and O–H groups in total. The predicted octanol–water partition coefficient (Wildman–Crippen LogP) is 1.71. The summed E-state index contributed by atoms with van der Waals surface area (Å²) in [6, 6.07) is 4.55. The topological polar surface area (TPSA) is 96.9 Å². The fourth-order valence-electron chi connectivity index (χ4n) is 1.54. The third-order valence-corrected chi connectivity index (χ3v) is 3.09. The second-order valence-electron chi connectivity index (χ2n) is 3.80. The van der Waals surface area contributed by atoms with E-state index in [9.17, 15) is 4.79 Å².